The number of likely N-dealkylation sites (tertiary alicyclic amines) is 1. The molecule has 2 N–H and O–H groups in total. The topological polar surface area (TPSA) is 126 Å². The molecule has 174 valence electrons. The highest BCUT2D eigenvalue weighted by molar-refractivity contribution is 5.90. The third-order valence-electron chi connectivity index (χ3n) is 6.05. The van der Waals surface area contributed by atoms with Gasteiger partial charge in [0, 0.05) is 45.0 Å². The summed E-state index contributed by atoms with van der Waals surface area (Å²) in [6.07, 6.45) is 5.65. The van der Waals surface area contributed by atoms with E-state index in [2.05, 4.69) is 20.6 Å². The average Bonchev–Trinajstić information content (AvgIpc) is 3.10. The highest BCUT2D eigenvalue weighted by atomic mass is 16.4. The molecule has 3 heterocycles. The monoisotopic (exact) mass is 444 g/mol. The summed E-state index contributed by atoms with van der Waals surface area (Å²) in [6, 6.07) is -1.36. The van der Waals surface area contributed by atoms with Gasteiger partial charge in [-0.05, 0) is 18.3 Å². The molecule has 10 heteroatoms. The highest BCUT2D eigenvalue weighted by Gasteiger charge is 2.45. The number of aliphatic hydroxyl groups excluding tert-OH is 1. The van der Waals surface area contributed by atoms with Gasteiger partial charge < -0.3 is 19.7 Å². The molecule has 0 unspecified atom stereocenters. The number of β-amino-alcohol motifs (C(OH)–C–C–N with tert-alkyl or cyclic N) is 1. The van der Waals surface area contributed by atoms with E-state index in [9.17, 15) is 14.7 Å². The van der Waals surface area contributed by atoms with Crippen LogP contribution in [0.1, 0.15) is 69.3 Å². The molecule has 1 aliphatic carbocycles. The fourth-order valence-corrected chi connectivity index (χ4v) is 4.27. The minimum absolute atomic E-state index is 0.120. The fourth-order valence-electron chi connectivity index (χ4n) is 4.27. The number of carbonyl (C=O) groups excluding carboxylic acids is 2. The number of oxazole rings is 1. The number of aryl methyl sites for hydroxylation is 1. The van der Waals surface area contributed by atoms with Crippen LogP contribution in [-0.2, 0) is 16.0 Å². The van der Waals surface area contributed by atoms with Crippen LogP contribution in [0.2, 0.25) is 0 Å². The fraction of sp³-hybridized carbons (Fsp3) is 0.682. The minimum atomic E-state index is -0.745. The first-order valence-electron chi connectivity index (χ1n) is 11.2. The van der Waals surface area contributed by atoms with Crippen LogP contribution < -0.4 is 5.32 Å². The molecular formula is C22H32N6O4. The van der Waals surface area contributed by atoms with Crippen molar-refractivity contribution in [1.29, 1.82) is 0 Å². The van der Waals surface area contributed by atoms with Gasteiger partial charge in [-0.3, -0.25) is 9.59 Å². The number of aliphatic hydroxyl groups is 1. The summed E-state index contributed by atoms with van der Waals surface area (Å²) >= 11 is 0. The number of amides is 2. The van der Waals surface area contributed by atoms with Crippen molar-refractivity contribution < 1.29 is 19.1 Å². The molecule has 1 saturated carbocycles. The second-order valence-corrected chi connectivity index (χ2v) is 9.95. The Labute approximate surface area is 187 Å². The molecule has 3 atom stereocenters. The van der Waals surface area contributed by atoms with Gasteiger partial charge in [-0.15, -0.1) is 5.10 Å². The molecule has 1 aliphatic heterocycles. The maximum absolute atomic E-state index is 13.7. The van der Waals surface area contributed by atoms with Gasteiger partial charge in [-0.2, -0.15) is 0 Å². The predicted octanol–water partition coefficient (Wildman–Crippen LogP) is 1.36. The maximum Gasteiger partial charge on any atom is 0.248 e. The quantitative estimate of drug-likeness (QED) is 0.660. The third-order valence-corrected chi connectivity index (χ3v) is 6.05. The van der Waals surface area contributed by atoms with Gasteiger partial charge in [0.15, 0.2) is 5.89 Å². The summed E-state index contributed by atoms with van der Waals surface area (Å²) in [5.74, 6) is 1.18. The van der Waals surface area contributed by atoms with E-state index in [1.165, 1.54) is 4.90 Å². The Balaban J connectivity index is 1.46. The van der Waals surface area contributed by atoms with E-state index >= 15 is 0 Å². The van der Waals surface area contributed by atoms with E-state index in [1.54, 1.807) is 17.8 Å². The molecular weight excluding hydrogens is 412 g/mol. The Bertz CT molecular complexity index is 973. The van der Waals surface area contributed by atoms with Crippen LogP contribution >= 0.6 is 0 Å². The lowest BCUT2D eigenvalue weighted by atomic mass is 9.85. The van der Waals surface area contributed by atoms with E-state index in [-0.39, 0.29) is 24.8 Å². The standard InChI is InChI=1S/C22H32N6O4/c1-13-24-10-16(32-13)7-8-23-20(30)18-9-15(29)11-27(18)21(31)19(22(2,3)4)28-12-17(25-26-28)14-5-6-14/h10,12,14-15,18-19,29H,5-9,11H2,1-4H3,(H,23,30)/t15-,18+,19-/m1/s1. The smallest absolute Gasteiger partial charge is 0.248 e. The molecule has 0 spiro atoms. The van der Waals surface area contributed by atoms with Crippen molar-refractivity contribution in [3.05, 3.63) is 29.7 Å². The van der Waals surface area contributed by atoms with E-state index in [1.807, 2.05) is 27.0 Å². The Hall–Kier alpha value is -2.75. The normalized spacial score (nSPS) is 22.2. The number of hydrogen-bond donors (Lipinski definition) is 2. The Kier molecular flexibility index (Phi) is 6.07. The van der Waals surface area contributed by atoms with Crippen LogP contribution in [0.3, 0.4) is 0 Å². The lowest BCUT2D eigenvalue weighted by molar-refractivity contribution is -0.144. The number of rotatable bonds is 7. The zero-order valence-electron chi connectivity index (χ0n) is 19.1. The first kappa shape index (κ1) is 22.4. The van der Waals surface area contributed by atoms with Gasteiger partial charge >= 0.3 is 0 Å². The summed E-state index contributed by atoms with van der Waals surface area (Å²) in [5, 5.41) is 21.7. The first-order chi connectivity index (χ1) is 15.1. The van der Waals surface area contributed by atoms with E-state index in [4.69, 9.17) is 4.42 Å². The summed E-state index contributed by atoms with van der Waals surface area (Å²) in [5.41, 5.74) is 0.454. The number of nitrogens with one attached hydrogen (secondary N) is 1. The summed E-state index contributed by atoms with van der Waals surface area (Å²) in [7, 11) is 0. The number of hydrogen-bond acceptors (Lipinski definition) is 7. The molecule has 4 rings (SSSR count). The van der Waals surface area contributed by atoms with Gasteiger partial charge in [0.25, 0.3) is 0 Å². The zero-order valence-corrected chi connectivity index (χ0v) is 19.1. The van der Waals surface area contributed by atoms with Crippen molar-refractivity contribution in [2.24, 2.45) is 5.41 Å². The van der Waals surface area contributed by atoms with E-state index in [0.717, 1.165) is 18.5 Å². The van der Waals surface area contributed by atoms with Crippen LogP contribution in [0.25, 0.3) is 0 Å². The Morgan fingerprint density at radius 2 is 2.09 bits per heavy atom. The van der Waals surface area contributed by atoms with Gasteiger partial charge in [0.1, 0.15) is 17.8 Å². The molecule has 2 aromatic rings. The van der Waals surface area contributed by atoms with Crippen molar-refractivity contribution in [2.75, 3.05) is 13.1 Å². The third kappa shape index (κ3) is 4.85. The minimum Gasteiger partial charge on any atom is -0.446 e. The Morgan fingerprint density at radius 1 is 1.34 bits per heavy atom. The molecule has 1 saturated heterocycles. The lowest BCUT2D eigenvalue weighted by Crippen LogP contribution is -2.50. The van der Waals surface area contributed by atoms with Crippen LogP contribution in [0.5, 0.6) is 0 Å². The molecule has 10 nitrogen and oxygen atoms in total. The van der Waals surface area contributed by atoms with Crippen molar-refractivity contribution in [1.82, 2.24) is 30.2 Å². The lowest BCUT2D eigenvalue weighted by Gasteiger charge is -2.34. The van der Waals surface area contributed by atoms with Crippen molar-refractivity contribution in [2.45, 2.75) is 77.5 Å². The molecule has 2 amide bonds. The summed E-state index contributed by atoms with van der Waals surface area (Å²) in [4.78, 5) is 32.1. The molecule has 0 bridgehead atoms. The SMILES string of the molecule is Cc1ncc(CCNC(=O)[C@@H]2C[C@@H](O)CN2C(=O)[C@@H](n2cc(C3CC3)nn2)C(C)(C)C)o1. The van der Waals surface area contributed by atoms with Gasteiger partial charge in [0.05, 0.1) is 18.0 Å². The zero-order chi connectivity index (χ0) is 23.0. The molecule has 0 aromatic carbocycles. The molecule has 2 fully saturated rings. The first-order valence-corrected chi connectivity index (χ1v) is 11.2. The van der Waals surface area contributed by atoms with Crippen LogP contribution in [0.15, 0.2) is 16.8 Å². The second kappa shape index (κ2) is 8.65. The molecule has 32 heavy (non-hydrogen) atoms. The predicted molar refractivity (Wildman–Crippen MR) is 115 cm³/mol. The number of aromatic nitrogens is 4. The highest BCUT2D eigenvalue weighted by Crippen LogP contribution is 2.40. The van der Waals surface area contributed by atoms with Crippen LogP contribution in [0, 0.1) is 12.3 Å². The van der Waals surface area contributed by atoms with Gasteiger partial charge in [-0.1, -0.05) is 26.0 Å². The molecule has 0 radical (unpaired) electrons. The van der Waals surface area contributed by atoms with Crippen molar-refractivity contribution >= 4 is 11.8 Å². The average molecular weight is 445 g/mol. The maximum atomic E-state index is 13.7. The van der Waals surface area contributed by atoms with Gasteiger partial charge in [-0.25, -0.2) is 9.67 Å². The number of carbonyl (C=O) groups is 2. The van der Waals surface area contributed by atoms with Crippen molar-refractivity contribution in [3.63, 3.8) is 0 Å². The van der Waals surface area contributed by atoms with E-state index < -0.39 is 23.6 Å². The Morgan fingerprint density at radius 3 is 2.72 bits per heavy atom. The van der Waals surface area contributed by atoms with Gasteiger partial charge in [0.2, 0.25) is 11.8 Å². The molecule has 2 aliphatic rings. The van der Waals surface area contributed by atoms with Crippen molar-refractivity contribution in [3.8, 4) is 0 Å². The second-order valence-electron chi connectivity index (χ2n) is 9.95. The summed E-state index contributed by atoms with van der Waals surface area (Å²) in [6.45, 7) is 8.15. The summed E-state index contributed by atoms with van der Waals surface area (Å²) < 4.78 is 7.05. The van der Waals surface area contributed by atoms with Crippen LogP contribution in [0.4, 0.5) is 0 Å². The molecule has 2 aromatic heterocycles. The van der Waals surface area contributed by atoms with Crippen LogP contribution in [-0.4, -0.2) is 67.0 Å². The van der Waals surface area contributed by atoms with E-state index in [0.29, 0.717) is 30.5 Å². The largest absolute Gasteiger partial charge is 0.446 e. The number of nitrogens with zero attached hydrogens (tertiary/aromatic N) is 5.